The fourth-order valence-corrected chi connectivity index (χ4v) is 2.36. The number of amides is 1. The van der Waals surface area contributed by atoms with Crippen LogP contribution in [0.25, 0.3) is 0 Å². The number of carbonyl (C=O) groups is 1. The number of nitrogens with one attached hydrogen (secondary N) is 1. The van der Waals surface area contributed by atoms with E-state index in [-0.39, 0.29) is 11.5 Å². The standard InChI is InChI=1S/C15H20FNO2/c16-14-9-5-4-8-13(14)15(18)17-10-11-19-12-6-2-1-3-7-12/h4-5,8-9,12H,1-3,6-7,10-11H2,(H,17,18). The predicted molar refractivity (Wildman–Crippen MR) is 71.6 cm³/mol. The largest absolute Gasteiger partial charge is 0.376 e. The zero-order chi connectivity index (χ0) is 13.5. The fraction of sp³-hybridized carbons (Fsp3) is 0.533. The van der Waals surface area contributed by atoms with Crippen LogP contribution in [0, 0.1) is 5.82 Å². The van der Waals surface area contributed by atoms with Crippen molar-refractivity contribution in [3.8, 4) is 0 Å². The van der Waals surface area contributed by atoms with Crippen LogP contribution in [0.5, 0.6) is 0 Å². The molecule has 1 amide bonds. The molecule has 1 N–H and O–H groups in total. The molecule has 104 valence electrons. The van der Waals surface area contributed by atoms with Crippen LogP contribution in [0.4, 0.5) is 4.39 Å². The second-order valence-electron chi connectivity index (χ2n) is 4.87. The molecule has 0 aliphatic heterocycles. The third-order valence-corrected chi connectivity index (χ3v) is 3.41. The van der Waals surface area contributed by atoms with Crippen molar-refractivity contribution in [2.45, 2.75) is 38.2 Å². The van der Waals surface area contributed by atoms with Crippen LogP contribution in [0.2, 0.25) is 0 Å². The van der Waals surface area contributed by atoms with Crippen molar-refractivity contribution in [1.29, 1.82) is 0 Å². The number of carbonyl (C=O) groups excluding carboxylic acids is 1. The van der Waals surface area contributed by atoms with E-state index in [1.807, 2.05) is 0 Å². The monoisotopic (exact) mass is 265 g/mol. The first-order chi connectivity index (χ1) is 9.27. The SMILES string of the molecule is O=C(NCCOC1CCCCC1)c1ccccc1F. The minimum atomic E-state index is -0.492. The van der Waals surface area contributed by atoms with Gasteiger partial charge in [0.2, 0.25) is 0 Å². The van der Waals surface area contributed by atoms with Gasteiger partial charge in [-0.25, -0.2) is 4.39 Å². The maximum absolute atomic E-state index is 13.3. The number of hydrogen-bond donors (Lipinski definition) is 1. The molecule has 0 atom stereocenters. The first-order valence-corrected chi connectivity index (χ1v) is 6.91. The fourth-order valence-electron chi connectivity index (χ4n) is 2.36. The van der Waals surface area contributed by atoms with Crippen molar-refractivity contribution >= 4 is 5.91 Å². The second kappa shape index (κ2) is 7.24. The maximum Gasteiger partial charge on any atom is 0.254 e. The molecule has 1 saturated carbocycles. The first-order valence-electron chi connectivity index (χ1n) is 6.91. The van der Waals surface area contributed by atoms with E-state index in [1.54, 1.807) is 12.1 Å². The van der Waals surface area contributed by atoms with E-state index >= 15 is 0 Å². The smallest absolute Gasteiger partial charge is 0.254 e. The highest BCUT2D eigenvalue weighted by Crippen LogP contribution is 2.19. The molecule has 3 nitrogen and oxygen atoms in total. The topological polar surface area (TPSA) is 38.3 Å². The molecule has 0 bridgehead atoms. The van der Waals surface area contributed by atoms with Crippen LogP contribution in [0.1, 0.15) is 42.5 Å². The molecule has 0 radical (unpaired) electrons. The van der Waals surface area contributed by atoms with E-state index in [4.69, 9.17) is 4.74 Å². The highest BCUT2D eigenvalue weighted by atomic mass is 19.1. The molecule has 1 aromatic carbocycles. The molecule has 0 aromatic heterocycles. The molecule has 0 unspecified atom stereocenters. The van der Waals surface area contributed by atoms with Gasteiger partial charge >= 0.3 is 0 Å². The zero-order valence-electron chi connectivity index (χ0n) is 11.0. The molecule has 1 aromatic rings. The zero-order valence-corrected chi connectivity index (χ0v) is 11.0. The summed E-state index contributed by atoms with van der Waals surface area (Å²) in [6.45, 7) is 0.911. The van der Waals surface area contributed by atoms with Gasteiger partial charge in [0, 0.05) is 6.54 Å². The number of halogens is 1. The summed E-state index contributed by atoms with van der Waals surface area (Å²) in [6.07, 6.45) is 6.31. The number of ether oxygens (including phenoxy) is 1. The van der Waals surface area contributed by atoms with E-state index in [2.05, 4.69) is 5.32 Å². The molecule has 1 fully saturated rings. The van der Waals surface area contributed by atoms with Gasteiger partial charge in [0.25, 0.3) is 5.91 Å². The van der Waals surface area contributed by atoms with Crippen molar-refractivity contribution < 1.29 is 13.9 Å². The summed E-state index contributed by atoms with van der Waals surface area (Å²) in [5.41, 5.74) is 0.0835. The molecular formula is C15H20FNO2. The van der Waals surface area contributed by atoms with E-state index in [0.29, 0.717) is 19.3 Å². The average molecular weight is 265 g/mol. The lowest BCUT2D eigenvalue weighted by molar-refractivity contribution is 0.0299. The lowest BCUT2D eigenvalue weighted by atomic mass is 9.98. The van der Waals surface area contributed by atoms with Gasteiger partial charge in [0.15, 0.2) is 0 Å². The van der Waals surface area contributed by atoms with Crippen LogP contribution in [-0.2, 0) is 4.74 Å². The lowest BCUT2D eigenvalue weighted by Crippen LogP contribution is -2.29. The van der Waals surface area contributed by atoms with Crippen molar-refractivity contribution in [3.05, 3.63) is 35.6 Å². The Morgan fingerprint density at radius 2 is 2.00 bits per heavy atom. The Labute approximate surface area is 113 Å². The third kappa shape index (κ3) is 4.31. The van der Waals surface area contributed by atoms with Crippen LogP contribution in [-0.4, -0.2) is 25.2 Å². The molecule has 0 saturated heterocycles. The summed E-state index contributed by atoms with van der Waals surface area (Å²) in [7, 11) is 0. The Balaban J connectivity index is 1.68. The van der Waals surface area contributed by atoms with Crippen LogP contribution in [0.3, 0.4) is 0 Å². The first kappa shape index (κ1) is 14.0. The van der Waals surface area contributed by atoms with Crippen LogP contribution >= 0.6 is 0 Å². The van der Waals surface area contributed by atoms with Gasteiger partial charge in [0.05, 0.1) is 18.3 Å². The minimum Gasteiger partial charge on any atom is -0.376 e. The molecule has 1 aliphatic rings. The normalized spacial score (nSPS) is 16.3. The molecule has 4 heteroatoms. The van der Waals surface area contributed by atoms with Crippen molar-refractivity contribution in [3.63, 3.8) is 0 Å². The lowest BCUT2D eigenvalue weighted by Gasteiger charge is -2.22. The van der Waals surface area contributed by atoms with E-state index in [9.17, 15) is 9.18 Å². The van der Waals surface area contributed by atoms with Gasteiger partial charge in [-0.2, -0.15) is 0 Å². The van der Waals surface area contributed by atoms with Gasteiger partial charge < -0.3 is 10.1 Å². The summed E-state index contributed by atoms with van der Waals surface area (Å²) in [6, 6.07) is 5.98. The predicted octanol–water partition coefficient (Wildman–Crippen LogP) is 2.90. The Morgan fingerprint density at radius 3 is 2.74 bits per heavy atom. The van der Waals surface area contributed by atoms with Crippen molar-refractivity contribution in [1.82, 2.24) is 5.32 Å². The van der Waals surface area contributed by atoms with Gasteiger partial charge in [-0.05, 0) is 25.0 Å². The van der Waals surface area contributed by atoms with Crippen molar-refractivity contribution in [2.24, 2.45) is 0 Å². The number of hydrogen-bond acceptors (Lipinski definition) is 2. The average Bonchev–Trinajstić information content (AvgIpc) is 2.45. The summed E-state index contributed by atoms with van der Waals surface area (Å²) < 4.78 is 19.0. The summed E-state index contributed by atoms with van der Waals surface area (Å²) in [5.74, 6) is -0.876. The van der Waals surface area contributed by atoms with Gasteiger partial charge in [-0.3, -0.25) is 4.79 Å². The Kier molecular flexibility index (Phi) is 5.33. The highest BCUT2D eigenvalue weighted by molar-refractivity contribution is 5.94. The number of benzene rings is 1. The quantitative estimate of drug-likeness (QED) is 0.831. The van der Waals surface area contributed by atoms with Gasteiger partial charge in [-0.15, -0.1) is 0 Å². The van der Waals surface area contributed by atoms with E-state index in [0.717, 1.165) is 12.8 Å². The van der Waals surface area contributed by atoms with Crippen LogP contribution in [0.15, 0.2) is 24.3 Å². The molecule has 0 spiro atoms. The Morgan fingerprint density at radius 1 is 1.26 bits per heavy atom. The van der Waals surface area contributed by atoms with Crippen LogP contribution < -0.4 is 5.32 Å². The highest BCUT2D eigenvalue weighted by Gasteiger charge is 2.14. The summed E-state index contributed by atoms with van der Waals surface area (Å²) >= 11 is 0. The molecule has 1 aliphatic carbocycles. The second-order valence-corrected chi connectivity index (χ2v) is 4.87. The number of rotatable bonds is 5. The summed E-state index contributed by atoms with van der Waals surface area (Å²) in [5, 5.41) is 2.68. The maximum atomic E-state index is 13.3. The van der Waals surface area contributed by atoms with E-state index < -0.39 is 5.82 Å². The van der Waals surface area contributed by atoms with E-state index in [1.165, 1.54) is 31.4 Å². The molecular weight excluding hydrogens is 245 g/mol. The third-order valence-electron chi connectivity index (χ3n) is 3.41. The van der Waals surface area contributed by atoms with Gasteiger partial charge in [-0.1, -0.05) is 31.4 Å². The van der Waals surface area contributed by atoms with Crippen molar-refractivity contribution in [2.75, 3.05) is 13.2 Å². The minimum absolute atomic E-state index is 0.0835. The molecule has 0 heterocycles. The van der Waals surface area contributed by atoms with Gasteiger partial charge in [0.1, 0.15) is 5.82 Å². The Hall–Kier alpha value is -1.42. The summed E-state index contributed by atoms with van der Waals surface area (Å²) in [4.78, 5) is 11.7. The molecule has 19 heavy (non-hydrogen) atoms. The Bertz CT molecular complexity index is 416. The molecule has 2 rings (SSSR count).